The van der Waals surface area contributed by atoms with Crippen LogP contribution in [0.1, 0.15) is 44.2 Å². The number of halogens is 1. The van der Waals surface area contributed by atoms with Crippen molar-refractivity contribution in [3.8, 4) is 0 Å². The Labute approximate surface area is 192 Å². The molecule has 1 N–H and O–H groups in total. The maximum Gasteiger partial charge on any atom is 0.407 e. The van der Waals surface area contributed by atoms with Crippen LogP contribution in [0.5, 0.6) is 0 Å². The highest BCUT2D eigenvalue weighted by atomic mass is 35.5. The number of amides is 1. The SMILES string of the molecule is CCOC(OCC)c1cc2cnc(Cl)nc2n1CCCCNC(=O)OCc1ccccc1. The van der Waals surface area contributed by atoms with Crippen molar-refractivity contribution in [1.29, 1.82) is 0 Å². The normalized spacial score (nSPS) is 11.2. The van der Waals surface area contributed by atoms with E-state index in [0.717, 1.165) is 35.1 Å². The van der Waals surface area contributed by atoms with Crippen LogP contribution in [0, 0.1) is 0 Å². The number of aromatic nitrogens is 3. The summed E-state index contributed by atoms with van der Waals surface area (Å²) in [6.45, 7) is 6.33. The lowest BCUT2D eigenvalue weighted by Crippen LogP contribution is -2.25. The number of rotatable bonds is 12. The monoisotopic (exact) mass is 460 g/mol. The summed E-state index contributed by atoms with van der Waals surface area (Å²) in [5, 5.41) is 3.85. The van der Waals surface area contributed by atoms with Crippen LogP contribution in [-0.4, -0.2) is 40.4 Å². The van der Waals surface area contributed by atoms with Crippen LogP contribution in [0.25, 0.3) is 11.0 Å². The minimum Gasteiger partial charge on any atom is -0.445 e. The molecule has 1 aromatic carbocycles. The van der Waals surface area contributed by atoms with Gasteiger partial charge in [0.05, 0.1) is 5.69 Å². The van der Waals surface area contributed by atoms with E-state index in [1.54, 1.807) is 6.20 Å². The molecule has 1 amide bonds. The average Bonchev–Trinajstić information content (AvgIpc) is 3.15. The fourth-order valence-electron chi connectivity index (χ4n) is 3.35. The van der Waals surface area contributed by atoms with Gasteiger partial charge in [0.2, 0.25) is 5.28 Å². The number of carbonyl (C=O) groups is 1. The molecule has 0 aliphatic rings. The van der Waals surface area contributed by atoms with Crippen LogP contribution < -0.4 is 5.32 Å². The van der Waals surface area contributed by atoms with E-state index in [0.29, 0.717) is 26.3 Å². The second-order valence-corrected chi connectivity index (χ2v) is 7.42. The Bertz CT molecular complexity index is 990. The van der Waals surface area contributed by atoms with Gasteiger partial charge < -0.3 is 24.1 Å². The molecule has 0 fully saturated rings. The van der Waals surface area contributed by atoms with Gasteiger partial charge >= 0.3 is 6.09 Å². The fraction of sp³-hybridized carbons (Fsp3) is 0.435. The number of fused-ring (bicyclic) bond motifs is 1. The number of aryl methyl sites for hydroxylation is 1. The Morgan fingerprint density at radius 3 is 2.62 bits per heavy atom. The van der Waals surface area contributed by atoms with Gasteiger partial charge in [0.25, 0.3) is 0 Å². The van der Waals surface area contributed by atoms with Crippen molar-refractivity contribution in [3.63, 3.8) is 0 Å². The highest BCUT2D eigenvalue weighted by Gasteiger charge is 2.20. The maximum absolute atomic E-state index is 11.9. The summed E-state index contributed by atoms with van der Waals surface area (Å²) in [7, 11) is 0. The molecule has 0 aliphatic heterocycles. The number of unbranched alkanes of at least 4 members (excludes halogenated alkanes) is 1. The molecule has 2 aromatic heterocycles. The van der Waals surface area contributed by atoms with Crippen LogP contribution in [0.2, 0.25) is 5.28 Å². The molecule has 9 heteroatoms. The highest BCUT2D eigenvalue weighted by Crippen LogP contribution is 2.27. The largest absolute Gasteiger partial charge is 0.445 e. The predicted molar refractivity (Wildman–Crippen MR) is 122 cm³/mol. The van der Waals surface area contributed by atoms with Gasteiger partial charge in [-0.3, -0.25) is 0 Å². The topological polar surface area (TPSA) is 87.5 Å². The Kier molecular flexibility index (Phi) is 9.27. The highest BCUT2D eigenvalue weighted by molar-refractivity contribution is 6.28. The first-order valence-corrected chi connectivity index (χ1v) is 11.2. The zero-order valence-corrected chi connectivity index (χ0v) is 19.2. The van der Waals surface area contributed by atoms with E-state index in [4.69, 9.17) is 25.8 Å². The number of nitrogens with one attached hydrogen (secondary N) is 1. The van der Waals surface area contributed by atoms with E-state index in [2.05, 4.69) is 15.3 Å². The standard InChI is InChI=1S/C23H29ClN4O4/c1-3-30-21(31-4-2)19-14-18-15-26-22(24)27-20(18)28(19)13-9-8-12-25-23(29)32-16-17-10-6-5-7-11-17/h5-7,10-11,14-15,21H,3-4,8-9,12-13,16H2,1-2H3,(H,25,29). The molecule has 2 heterocycles. The zero-order valence-electron chi connectivity index (χ0n) is 18.4. The van der Waals surface area contributed by atoms with Gasteiger partial charge in [-0.15, -0.1) is 0 Å². The van der Waals surface area contributed by atoms with Gasteiger partial charge in [0.1, 0.15) is 12.3 Å². The van der Waals surface area contributed by atoms with E-state index in [1.165, 1.54) is 0 Å². The molecule has 0 spiro atoms. The molecular formula is C23H29ClN4O4. The second kappa shape index (κ2) is 12.4. The lowest BCUT2D eigenvalue weighted by atomic mass is 10.2. The zero-order chi connectivity index (χ0) is 22.8. The van der Waals surface area contributed by atoms with Gasteiger partial charge in [-0.05, 0) is 49.9 Å². The third-order valence-corrected chi connectivity index (χ3v) is 4.99. The summed E-state index contributed by atoms with van der Waals surface area (Å²) in [6, 6.07) is 11.6. The summed E-state index contributed by atoms with van der Waals surface area (Å²) < 4.78 is 18.9. The van der Waals surface area contributed by atoms with E-state index < -0.39 is 12.4 Å². The number of hydrogen-bond acceptors (Lipinski definition) is 6. The molecular weight excluding hydrogens is 432 g/mol. The molecule has 8 nitrogen and oxygen atoms in total. The van der Waals surface area contributed by atoms with Crippen LogP contribution in [0.15, 0.2) is 42.6 Å². The molecule has 0 bridgehead atoms. The summed E-state index contributed by atoms with van der Waals surface area (Å²) >= 11 is 6.03. The Morgan fingerprint density at radius 2 is 1.91 bits per heavy atom. The first-order valence-electron chi connectivity index (χ1n) is 10.8. The van der Waals surface area contributed by atoms with Gasteiger partial charge in [-0.2, -0.15) is 4.98 Å². The smallest absolute Gasteiger partial charge is 0.407 e. The molecule has 0 radical (unpaired) electrons. The van der Waals surface area contributed by atoms with Gasteiger partial charge in [-0.25, -0.2) is 9.78 Å². The van der Waals surface area contributed by atoms with Crippen molar-refractivity contribution in [2.75, 3.05) is 19.8 Å². The molecule has 172 valence electrons. The van der Waals surface area contributed by atoms with Crippen molar-refractivity contribution in [1.82, 2.24) is 19.9 Å². The van der Waals surface area contributed by atoms with E-state index in [-0.39, 0.29) is 11.9 Å². The van der Waals surface area contributed by atoms with Crippen LogP contribution in [0.4, 0.5) is 4.79 Å². The van der Waals surface area contributed by atoms with Crippen molar-refractivity contribution in [2.45, 2.75) is 46.1 Å². The van der Waals surface area contributed by atoms with E-state index in [9.17, 15) is 4.79 Å². The average molecular weight is 461 g/mol. The second-order valence-electron chi connectivity index (χ2n) is 7.08. The number of ether oxygens (including phenoxy) is 3. The molecule has 0 unspecified atom stereocenters. The third kappa shape index (κ3) is 6.66. The minimum atomic E-state index is -0.496. The first-order chi connectivity index (χ1) is 15.6. The summed E-state index contributed by atoms with van der Waals surface area (Å²) in [5.41, 5.74) is 2.56. The molecule has 32 heavy (non-hydrogen) atoms. The molecule has 3 rings (SSSR count). The number of nitrogens with zero attached hydrogens (tertiary/aromatic N) is 3. The van der Waals surface area contributed by atoms with Crippen LogP contribution in [-0.2, 0) is 27.4 Å². The molecule has 3 aromatic rings. The fourth-order valence-corrected chi connectivity index (χ4v) is 3.48. The van der Waals surface area contributed by atoms with Gasteiger partial charge in [-0.1, -0.05) is 30.3 Å². The lowest BCUT2D eigenvalue weighted by molar-refractivity contribution is -0.144. The summed E-state index contributed by atoms with van der Waals surface area (Å²) in [5.74, 6) is 0. The number of alkyl carbamates (subject to hydrolysis) is 1. The molecule has 0 atom stereocenters. The molecule has 0 saturated heterocycles. The summed E-state index contributed by atoms with van der Waals surface area (Å²) in [6.07, 6.45) is 2.36. The maximum atomic E-state index is 11.9. The van der Waals surface area contributed by atoms with Crippen LogP contribution in [0.3, 0.4) is 0 Å². The van der Waals surface area contributed by atoms with Gasteiger partial charge in [0, 0.05) is 37.9 Å². The first kappa shape index (κ1) is 24.0. The van der Waals surface area contributed by atoms with Gasteiger partial charge in [0.15, 0.2) is 6.29 Å². The third-order valence-electron chi connectivity index (χ3n) is 4.81. The molecule has 0 saturated carbocycles. The number of carbonyl (C=O) groups excluding carboxylic acids is 1. The van der Waals surface area contributed by atoms with E-state index in [1.807, 2.05) is 54.8 Å². The Balaban J connectivity index is 1.56. The van der Waals surface area contributed by atoms with Crippen molar-refractivity contribution >= 4 is 28.7 Å². The van der Waals surface area contributed by atoms with E-state index >= 15 is 0 Å². The molecule has 0 aliphatic carbocycles. The number of hydrogen-bond donors (Lipinski definition) is 1. The van der Waals surface area contributed by atoms with Crippen LogP contribution >= 0.6 is 11.6 Å². The van der Waals surface area contributed by atoms with Crippen molar-refractivity contribution < 1.29 is 19.0 Å². The Morgan fingerprint density at radius 1 is 1.16 bits per heavy atom. The summed E-state index contributed by atoms with van der Waals surface area (Å²) in [4.78, 5) is 20.4. The minimum absolute atomic E-state index is 0.190. The Hall–Kier alpha value is -2.68. The van der Waals surface area contributed by atoms with Crippen molar-refractivity contribution in [3.05, 3.63) is 59.1 Å². The lowest BCUT2D eigenvalue weighted by Gasteiger charge is -2.19. The quantitative estimate of drug-likeness (QED) is 0.236. The van der Waals surface area contributed by atoms with Crippen molar-refractivity contribution in [2.24, 2.45) is 0 Å². The number of benzene rings is 1. The predicted octanol–water partition coefficient (Wildman–Crippen LogP) is 4.86.